The van der Waals surface area contributed by atoms with Crippen LogP contribution in [0.2, 0.25) is 0 Å². The fourth-order valence-corrected chi connectivity index (χ4v) is 2.67. The summed E-state index contributed by atoms with van der Waals surface area (Å²) < 4.78 is 5.23. The van der Waals surface area contributed by atoms with E-state index in [1.807, 2.05) is 12.1 Å². The summed E-state index contributed by atoms with van der Waals surface area (Å²) in [6.45, 7) is 7.77. The third-order valence-electron chi connectivity index (χ3n) is 3.75. The molecule has 0 saturated carbocycles. The molecule has 0 aromatic heterocycles. The van der Waals surface area contributed by atoms with Crippen molar-refractivity contribution in [1.29, 1.82) is 0 Å². The van der Waals surface area contributed by atoms with Gasteiger partial charge >= 0.3 is 0 Å². The van der Waals surface area contributed by atoms with Crippen LogP contribution in [-0.2, 0) is 13.0 Å². The van der Waals surface area contributed by atoms with Crippen LogP contribution in [0.5, 0.6) is 5.75 Å². The molecule has 2 nitrogen and oxygen atoms in total. The molecule has 2 aromatic rings. The summed E-state index contributed by atoms with van der Waals surface area (Å²) >= 11 is 0. The molecule has 2 rings (SSSR count). The van der Waals surface area contributed by atoms with Gasteiger partial charge in [-0.15, -0.1) is 0 Å². The minimum atomic E-state index is 0.675. The largest absolute Gasteiger partial charge is 0.497 e. The third-order valence-corrected chi connectivity index (χ3v) is 3.75. The molecule has 0 amide bonds. The van der Waals surface area contributed by atoms with Crippen molar-refractivity contribution >= 4 is 0 Å². The van der Waals surface area contributed by atoms with Gasteiger partial charge in [0.25, 0.3) is 0 Å². The lowest BCUT2D eigenvalue weighted by Gasteiger charge is -2.24. The normalized spacial score (nSPS) is 11.1. The standard InChI is InChI=1S/C20H27NO/c1-17(2)15-21(14-13-18-7-5-4-6-8-18)16-19-9-11-20(22-3)12-10-19/h4-12,17H,13-16H2,1-3H3. The fourth-order valence-electron chi connectivity index (χ4n) is 2.67. The van der Waals surface area contributed by atoms with Gasteiger partial charge in [-0.2, -0.15) is 0 Å². The van der Waals surface area contributed by atoms with Crippen LogP contribution >= 0.6 is 0 Å². The molecule has 0 aliphatic carbocycles. The predicted molar refractivity (Wildman–Crippen MR) is 93.3 cm³/mol. The van der Waals surface area contributed by atoms with Gasteiger partial charge in [-0.05, 0) is 35.6 Å². The highest BCUT2D eigenvalue weighted by Crippen LogP contribution is 2.14. The van der Waals surface area contributed by atoms with Crippen molar-refractivity contribution in [2.24, 2.45) is 5.92 Å². The highest BCUT2D eigenvalue weighted by molar-refractivity contribution is 5.27. The van der Waals surface area contributed by atoms with Crippen LogP contribution in [0.4, 0.5) is 0 Å². The summed E-state index contributed by atoms with van der Waals surface area (Å²) in [6, 6.07) is 19.1. The van der Waals surface area contributed by atoms with Crippen molar-refractivity contribution in [2.75, 3.05) is 20.2 Å². The van der Waals surface area contributed by atoms with E-state index in [0.29, 0.717) is 5.92 Å². The van der Waals surface area contributed by atoms with Crippen LogP contribution in [0.15, 0.2) is 54.6 Å². The van der Waals surface area contributed by atoms with E-state index in [9.17, 15) is 0 Å². The minimum Gasteiger partial charge on any atom is -0.497 e. The number of rotatable bonds is 8. The average molecular weight is 297 g/mol. The van der Waals surface area contributed by atoms with Crippen molar-refractivity contribution in [3.8, 4) is 5.75 Å². The zero-order valence-corrected chi connectivity index (χ0v) is 14.0. The van der Waals surface area contributed by atoms with Crippen molar-refractivity contribution in [2.45, 2.75) is 26.8 Å². The monoisotopic (exact) mass is 297 g/mol. The van der Waals surface area contributed by atoms with E-state index < -0.39 is 0 Å². The van der Waals surface area contributed by atoms with E-state index in [4.69, 9.17) is 4.74 Å². The minimum absolute atomic E-state index is 0.675. The van der Waals surface area contributed by atoms with Gasteiger partial charge in [0.05, 0.1) is 7.11 Å². The molecule has 0 bridgehead atoms. The Morgan fingerprint density at radius 3 is 2.18 bits per heavy atom. The third kappa shape index (κ3) is 5.53. The summed E-state index contributed by atoms with van der Waals surface area (Å²) in [6.07, 6.45) is 1.10. The summed E-state index contributed by atoms with van der Waals surface area (Å²) in [5, 5.41) is 0. The van der Waals surface area contributed by atoms with E-state index in [-0.39, 0.29) is 0 Å². The average Bonchev–Trinajstić information content (AvgIpc) is 2.54. The topological polar surface area (TPSA) is 12.5 Å². The number of hydrogen-bond acceptors (Lipinski definition) is 2. The number of benzene rings is 2. The molecule has 0 fully saturated rings. The molecule has 0 unspecified atom stereocenters. The van der Waals surface area contributed by atoms with E-state index in [1.165, 1.54) is 11.1 Å². The Hall–Kier alpha value is -1.80. The van der Waals surface area contributed by atoms with Crippen LogP contribution in [0.25, 0.3) is 0 Å². The van der Waals surface area contributed by atoms with E-state index >= 15 is 0 Å². The van der Waals surface area contributed by atoms with Crippen LogP contribution in [0, 0.1) is 5.92 Å². The molecule has 0 N–H and O–H groups in total. The molecule has 0 atom stereocenters. The van der Waals surface area contributed by atoms with E-state index in [2.05, 4.69) is 61.2 Å². The first-order valence-electron chi connectivity index (χ1n) is 8.06. The molecule has 118 valence electrons. The lowest BCUT2D eigenvalue weighted by molar-refractivity contribution is 0.239. The Kier molecular flexibility index (Phi) is 6.47. The predicted octanol–water partition coefficient (Wildman–Crippen LogP) is 4.40. The van der Waals surface area contributed by atoms with Crippen molar-refractivity contribution < 1.29 is 4.74 Å². The van der Waals surface area contributed by atoms with Crippen LogP contribution in [-0.4, -0.2) is 25.1 Å². The molecule has 2 aromatic carbocycles. The summed E-state index contributed by atoms with van der Waals surface area (Å²) in [4.78, 5) is 2.54. The Morgan fingerprint density at radius 1 is 0.909 bits per heavy atom. The number of hydrogen-bond donors (Lipinski definition) is 0. The lowest BCUT2D eigenvalue weighted by atomic mass is 10.1. The fraction of sp³-hybridized carbons (Fsp3) is 0.400. The first-order chi connectivity index (χ1) is 10.7. The van der Waals surface area contributed by atoms with Crippen LogP contribution in [0.1, 0.15) is 25.0 Å². The first-order valence-corrected chi connectivity index (χ1v) is 8.06. The molecule has 22 heavy (non-hydrogen) atoms. The molecule has 0 heterocycles. The zero-order valence-electron chi connectivity index (χ0n) is 14.0. The second-order valence-electron chi connectivity index (χ2n) is 6.21. The molecular weight excluding hydrogens is 270 g/mol. The van der Waals surface area contributed by atoms with Gasteiger partial charge in [0.2, 0.25) is 0 Å². The Morgan fingerprint density at radius 2 is 1.59 bits per heavy atom. The second-order valence-corrected chi connectivity index (χ2v) is 6.21. The Labute approximate surface area is 134 Å². The van der Waals surface area contributed by atoms with Crippen LogP contribution < -0.4 is 4.74 Å². The lowest BCUT2D eigenvalue weighted by Crippen LogP contribution is -2.29. The van der Waals surface area contributed by atoms with Crippen molar-refractivity contribution in [3.05, 3.63) is 65.7 Å². The maximum atomic E-state index is 5.23. The molecule has 0 radical (unpaired) electrons. The van der Waals surface area contributed by atoms with Gasteiger partial charge in [0.15, 0.2) is 0 Å². The van der Waals surface area contributed by atoms with Gasteiger partial charge in [0, 0.05) is 19.6 Å². The molecule has 0 spiro atoms. The number of methoxy groups -OCH3 is 1. The van der Waals surface area contributed by atoms with Gasteiger partial charge in [-0.3, -0.25) is 4.90 Å². The zero-order chi connectivity index (χ0) is 15.8. The van der Waals surface area contributed by atoms with Crippen molar-refractivity contribution in [1.82, 2.24) is 4.90 Å². The molecule has 0 saturated heterocycles. The summed E-state index contributed by atoms with van der Waals surface area (Å²) in [5.41, 5.74) is 2.75. The Balaban J connectivity index is 1.95. The smallest absolute Gasteiger partial charge is 0.118 e. The summed E-state index contributed by atoms with van der Waals surface area (Å²) in [5.74, 6) is 1.59. The SMILES string of the molecule is COc1ccc(CN(CCc2ccccc2)CC(C)C)cc1. The number of nitrogens with zero attached hydrogens (tertiary/aromatic N) is 1. The molecule has 2 heteroatoms. The van der Waals surface area contributed by atoms with Gasteiger partial charge in [-0.1, -0.05) is 56.3 Å². The highest BCUT2D eigenvalue weighted by atomic mass is 16.5. The maximum Gasteiger partial charge on any atom is 0.118 e. The Bertz CT molecular complexity index is 533. The van der Waals surface area contributed by atoms with Gasteiger partial charge in [0.1, 0.15) is 5.75 Å². The first kappa shape index (κ1) is 16.6. The maximum absolute atomic E-state index is 5.23. The quantitative estimate of drug-likeness (QED) is 0.716. The van der Waals surface area contributed by atoms with Gasteiger partial charge in [-0.25, -0.2) is 0 Å². The molecule has 0 aliphatic rings. The van der Waals surface area contributed by atoms with Crippen molar-refractivity contribution in [3.63, 3.8) is 0 Å². The van der Waals surface area contributed by atoms with Gasteiger partial charge < -0.3 is 4.74 Å². The van der Waals surface area contributed by atoms with E-state index in [0.717, 1.165) is 31.8 Å². The molecular formula is C20H27NO. The van der Waals surface area contributed by atoms with Crippen LogP contribution in [0.3, 0.4) is 0 Å². The molecule has 0 aliphatic heterocycles. The second kappa shape index (κ2) is 8.60. The highest BCUT2D eigenvalue weighted by Gasteiger charge is 2.09. The summed E-state index contributed by atoms with van der Waals surface area (Å²) in [7, 11) is 1.71. The number of ether oxygens (including phenoxy) is 1. The van der Waals surface area contributed by atoms with E-state index in [1.54, 1.807) is 7.11 Å².